The summed E-state index contributed by atoms with van der Waals surface area (Å²) in [7, 11) is 1.57. The molecule has 0 radical (unpaired) electrons. The molecular formula is C21H23F2NO3. The van der Waals surface area contributed by atoms with Crippen LogP contribution in [0.4, 0.5) is 8.78 Å². The number of fused-ring (bicyclic) bond motifs is 1. The fourth-order valence-electron chi connectivity index (χ4n) is 3.62. The first kappa shape index (κ1) is 19.3. The Hall–Kier alpha value is -2.50. The summed E-state index contributed by atoms with van der Waals surface area (Å²) < 4.78 is 32.5. The maximum Gasteiger partial charge on any atom is 0.290 e. The van der Waals surface area contributed by atoms with Crippen LogP contribution in [0.15, 0.2) is 22.6 Å². The highest BCUT2D eigenvalue weighted by Crippen LogP contribution is 2.39. The van der Waals surface area contributed by atoms with Gasteiger partial charge in [-0.3, -0.25) is 9.59 Å². The zero-order chi connectivity index (χ0) is 20.1. The van der Waals surface area contributed by atoms with Crippen LogP contribution in [0.1, 0.15) is 71.0 Å². The zero-order valence-corrected chi connectivity index (χ0v) is 16.2. The van der Waals surface area contributed by atoms with Crippen LogP contribution >= 0.6 is 0 Å². The number of nitrogens with zero attached hydrogens (tertiary/aromatic N) is 1. The van der Waals surface area contributed by atoms with Crippen molar-refractivity contribution in [3.05, 3.63) is 58.0 Å². The van der Waals surface area contributed by atoms with Gasteiger partial charge in [0.05, 0.1) is 11.6 Å². The normalized spacial score (nSPS) is 16.8. The minimum absolute atomic E-state index is 0.0159. The molecule has 3 rings (SSSR count). The lowest BCUT2D eigenvalue weighted by Crippen LogP contribution is -2.30. The Morgan fingerprint density at radius 1 is 1.22 bits per heavy atom. The lowest BCUT2D eigenvalue weighted by atomic mass is 9.76. The standard InChI is InChI=1S/C21H23F2NO3/c1-11-18-16(25)9-21(3,4)10-17(18)27-19(11)20(26)24(5)12(2)13-6-7-14(22)15(23)8-13/h6-8,12H,9-10H2,1-5H3/t12-/m0/s1. The molecule has 144 valence electrons. The molecule has 0 aliphatic heterocycles. The summed E-state index contributed by atoms with van der Waals surface area (Å²) in [4.78, 5) is 26.9. The van der Waals surface area contributed by atoms with Crippen LogP contribution in [-0.4, -0.2) is 23.6 Å². The first-order valence-electron chi connectivity index (χ1n) is 8.89. The smallest absolute Gasteiger partial charge is 0.290 e. The summed E-state index contributed by atoms with van der Waals surface area (Å²) in [6.07, 6.45) is 1.000. The summed E-state index contributed by atoms with van der Waals surface area (Å²) in [5.41, 5.74) is 1.31. The summed E-state index contributed by atoms with van der Waals surface area (Å²) in [5, 5.41) is 0. The molecule has 0 N–H and O–H groups in total. The molecule has 6 heteroatoms. The average molecular weight is 375 g/mol. The molecule has 1 aliphatic carbocycles. The largest absolute Gasteiger partial charge is 0.455 e. The molecule has 1 amide bonds. The van der Waals surface area contributed by atoms with Crippen molar-refractivity contribution in [1.29, 1.82) is 0 Å². The van der Waals surface area contributed by atoms with Gasteiger partial charge in [-0.15, -0.1) is 0 Å². The van der Waals surface area contributed by atoms with E-state index < -0.39 is 23.6 Å². The van der Waals surface area contributed by atoms with Crippen LogP contribution in [0.25, 0.3) is 0 Å². The van der Waals surface area contributed by atoms with Crippen molar-refractivity contribution in [2.45, 2.75) is 46.6 Å². The van der Waals surface area contributed by atoms with Crippen molar-refractivity contribution >= 4 is 11.7 Å². The maximum atomic E-state index is 13.5. The number of benzene rings is 1. The summed E-state index contributed by atoms with van der Waals surface area (Å²) in [6, 6.07) is 3.06. The van der Waals surface area contributed by atoms with Crippen LogP contribution < -0.4 is 0 Å². The SMILES string of the molecule is Cc1c(C(=O)N(C)[C@@H](C)c2ccc(F)c(F)c2)oc2c1C(=O)CC(C)(C)C2. The average Bonchev–Trinajstić information content (AvgIpc) is 2.90. The molecule has 0 spiro atoms. The Labute approximate surface area is 157 Å². The van der Waals surface area contributed by atoms with Crippen LogP contribution in [0.3, 0.4) is 0 Å². The highest BCUT2D eigenvalue weighted by atomic mass is 19.2. The first-order chi connectivity index (χ1) is 12.5. The highest BCUT2D eigenvalue weighted by molar-refractivity contribution is 6.03. The van der Waals surface area contributed by atoms with E-state index in [0.29, 0.717) is 35.3 Å². The van der Waals surface area contributed by atoms with Crippen molar-refractivity contribution in [3.8, 4) is 0 Å². The van der Waals surface area contributed by atoms with Crippen molar-refractivity contribution < 1.29 is 22.8 Å². The Morgan fingerprint density at radius 3 is 2.52 bits per heavy atom. The number of hydrogen-bond donors (Lipinski definition) is 0. The van der Waals surface area contributed by atoms with Crippen LogP contribution in [0, 0.1) is 24.0 Å². The van der Waals surface area contributed by atoms with Crippen LogP contribution in [0.5, 0.6) is 0 Å². The molecule has 27 heavy (non-hydrogen) atoms. The van der Waals surface area contributed by atoms with Crippen molar-refractivity contribution in [3.63, 3.8) is 0 Å². The zero-order valence-electron chi connectivity index (χ0n) is 16.2. The number of furan rings is 1. The summed E-state index contributed by atoms with van der Waals surface area (Å²) >= 11 is 0. The van der Waals surface area contributed by atoms with Gasteiger partial charge in [-0.1, -0.05) is 19.9 Å². The fraction of sp³-hybridized carbons (Fsp3) is 0.429. The van der Waals surface area contributed by atoms with E-state index in [1.54, 1.807) is 20.9 Å². The first-order valence-corrected chi connectivity index (χ1v) is 8.89. The lowest BCUT2D eigenvalue weighted by Gasteiger charge is -2.27. The lowest BCUT2D eigenvalue weighted by molar-refractivity contribution is 0.0704. The molecule has 0 bridgehead atoms. The Bertz CT molecular complexity index is 930. The van der Waals surface area contributed by atoms with Crippen LogP contribution in [0.2, 0.25) is 0 Å². The van der Waals surface area contributed by atoms with E-state index in [9.17, 15) is 18.4 Å². The molecule has 0 saturated heterocycles. The second-order valence-electron chi connectivity index (χ2n) is 8.06. The molecule has 2 aromatic rings. The van der Waals surface area contributed by atoms with Crippen molar-refractivity contribution in [1.82, 2.24) is 4.90 Å². The molecule has 0 fully saturated rings. The van der Waals surface area contributed by atoms with Gasteiger partial charge in [-0.05, 0) is 37.0 Å². The van der Waals surface area contributed by atoms with Crippen LogP contribution in [-0.2, 0) is 6.42 Å². The summed E-state index contributed by atoms with van der Waals surface area (Å²) in [6.45, 7) is 7.41. The minimum atomic E-state index is -0.960. The van der Waals surface area contributed by atoms with Gasteiger partial charge in [-0.2, -0.15) is 0 Å². The molecule has 1 aromatic heterocycles. The third-order valence-electron chi connectivity index (χ3n) is 5.30. The molecule has 1 heterocycles. The fourth-order valence-corrected chi connectivity index (χ4v) is 3.62. The Balaban J connectivity index is 1.92. The second-order valence-corrected chi connectivity index (χ2v) is 8.06. The predicted molar refractivity (Wildman–Crippen MR) is 96.7 cm³/mol. The molecule has 1 atom stereocenters. The van der Waals surface area contributed by atoms with E-state index in [1.807, 2.05) is 13.8 Å². The van der Waals surface area contributed by atoms with Gasteiger partial charge < -0.3 is 9.32 Å². The number of rotatable bonds is 3. The van der Waals surface area contributed by atoms with E-state index in [1.165, 1.54) is 11.0 Å². The maximum absolute atomic E-state index is 13.5. The van der Waals surface area contributed by atoms with Crippen molar-refractivity contribution in [2.24, 2.45) is 5.41 Å². The molecule has 0 saturated carbocycles. The van der Waals surface area contributed by atoms with Crippen molar-refractivity contribution in [2.75, 3.05) is 7.05 Å². The van der Waals surface area contributed by atoms with E-state index in [0.717, 1.165) is 12.1 Å². The Kier molecular flexibility index (Phi) is 4.70. The number of ketones is 1. The topological polar surface area (TPSA) is 50.5 Å². The number of halogens is 2. The number of carbonyl (C=O) groups is 2. The van der Waals surface area contributed by atoms with Gasteiger partial charge in [0.25, 0.3) is 5.91 Å². The minimum Gasteiger partial charge on any atom is -0.455 e. The molecule has 1 aromatic carbocycles. The van der Waals surface area contributed by atoms with Gasteiger partial charge in [0.15, 0.2) is 23.2 Å². The van der Waals surface area contributed by atoms with Gasteiger partial charge >= 0.3 is 0 Å². The second kappa shape index (κ2) is 6.59. The molecule has 0 unspecified atom stereocenters. The summed E-state index contributed by atoms with van der Waals surface area (Å²) in [5.74, 6) is -1.63. The van der Waals surface area contributed by atoms with Gasteiger partial charge in [0.1, 0.15) is 5.76 Å². The predicted octanol–water partition coefficient (Wildman–Crippen LogP) is 4.85. The Morgan fingerprint density at radius 2 is 1.89 bits per heavy atom. The number of carbonyl (C=O) groups excluding carboxylic acids is 2. The number of amides is 1. The quantitative estimate of drug-likeness (QED) is 0.770. The molecule has 4 nitrogen and oxygen atoms in total. The van der Waals surface area contributed by atoms with E-state index >= 15 is 0 Å². The number of hydrogen-bond acceptors (Lipinski definition) is 3. The monoisotopic (exact) mass is 375 g/mol. The van der Waals surface area contributed by atoms with Gasteiger partial charge in [-0.25, -0.2) is 8.78 Å². The van der Waals surface area contributed by atoms with Gasteiger partial charge in [0, 0.05) is 25.5 Å². The third kappa shape index (κ3) is 3.40. The highest BCUT2D eigenvalue weighted by Gasteiger charge is 2.37. The van der Waals surface area contributed by atoms with Gasteiger partial charge in [0.2, 0.25) is 0 Å². The van der Waals surface area contributed by atoms with E-state index in [4.69, 9.17) is 4.42 Å². The molecule has 1 aliphatic rings. The van der Waals surface area contributed by atoms with E-state index in [2.05, 4.69) is 0 Å². The molecular weight excluding hydrogens is 352 g/mol. The van der Waals surface area contributed by atoms with E-state index in [-0.39, 0.29) is 17.0 Å². The number of Topliss-reactive ketones (excluding diaryl/α,β-unsaturated/α-hetero) is 1. The third-order valence-corrected chi connectivity index (χ3v) is 5.30.